The lowest BCUT2D eigenvalue weighted by Crippen LogP contribution is -2.43. The molecule has 4 heterocycles. The van der Waals surface area contributed by atoms with E-state index in [1.807, 2.05) is 35.4 Å². The summed E-state index contributed by atoms with van der Waals surface area (Å²) in [5.41, 5.74) is 1.04. The van der Waals surface area contributed by atoms with Crippen LogP contribution < -0.4 is 0 Å². The number of aromatic nitrogens is 3. The van der Waals surface area contributed by atoms with Crippen molar-refractivity contribution >= 4 is 5.91 Å². The van der Waals surface area contributed by atoms with E-state index in [2.05, 4.69) is 10.1 Å². The summed E-state index contributed by atoms with van der Waals surface area (Å²) in [6.45, 7) is 2.32. The lowest BCUT2D eigenvalue weighted by Gasteiger charge is -2.32. The van der Waals surface area contributed by atoms with Crippen LogP contribution in [0.2, 0.25) is 0 Å². The summed E-state index contributed by atoms with van der Waals surface area (Å²) in [6, 6.07) is 9.31. The van der Waals surface area contributed by atoms with Gasteiger partial charge in [0.2, 0.25) is 0 Å². The lowest BCUT2D eigenvalue weighted by molar-refractivity contribution is -0.00765. The van der Waals surface area contributed by atoms with E-state index >= 15 is 0 Å². The largest absolute Gasteiger partial charge is 0.454 e. The number of carbonyl (C=O) groups excluding carboxylic acids is 1. The number of piperidine rings is 1. The van der Waals surface area contributed by atoms with E-state index < -0.39 is 0 Å². The fraction of sp³-hybridized carbons (Fsp3) is 0.350. The first-order chi connectivity index (χ1) is 13.3. The van der Waals surface area contributed by atoms with Gasteiger partial charge in [0.15, 0.2) is 5.76 Å². The first-order valence-corrected chi connectivity index (χ1v) is 9.14. The Morgan fingerprint density at radius 3 is 3.04 bits per heavy atom. The summed E-state index contributed by atoms with van der Waals surface area (Å²) in [5.74, 6) is 0.991. The Hall–Kier alpha value is -2.93. The molecule has 3 aromatic heterocycles. The number of furan rings is 1. The summed E-state index contributed by atoms with van der Waals surface area (Å²) in [4.78, 5) is 18.7. The highest BCUT2D eigenvalue weighted by molar-refractivity contribution is 5.91. The van der Waals surface area contributed by atoms with Gasteiger partial charge in [-0.15, -0.1) is 0 Å². The van der Waals surface area contributed by atoms with Gasteiger partial charge in [0, 0.05) is 37.9 Å². The molecule has 0 spiro atoms. The second-order valence-electron chi connectivity index (χ2n) is 6.66. The number of likely N-dealkylation sites (tertiary alicyclic amines) is 1. The highest BCUT2D eigenvalue weighted by Crippen LogP contribution is 2.19. The van der Waals surface area contributed by atoms with Crippen molar-refractivity contribution in [2.45, 2.75) is 32.1 Å². The molecule has 7 nitrogen and oxygen atoms in total. The van der Waals surface area contributed by atoms with Crippen molar-refractivity contribution in [2.75, 3.05) is 13.1 Å². The van der Waals surface area contributed by atoms with Crippen LogP contribution in [0.1, 0.15) is 34.7 Å². The Balaban J connectivity index is 1.33. The lowest BCUT2D eigenvalue weighted by atomic mass is 10.1. The molecule has 0 radical (unpaired) electrons. The number of pyridine rings is 1. The average Bonchev–Trinajstić information content (AvgIpc) is 3.39. The summed E-state index contributed by atoms with van der Waals surface area (Å²) >= 11 is 0. The SMILES string of the molecule is O=C(c1ccc(Cn2cccn2)o1)N1CCC[C@H](OCc2cccnc2)C1. The molecule has 4 rings (SSSR count). The molecule has 3 aromatic rings. The highest BCUT2D eigenvalue weighted by Gasteiger charge is 2.26. The van der Waals surface area contributed by atoms with Crippen molar-refractivity contribution in [3.8, 4) is 0 Å². The van der Waals surface area contributed by atoms with E-state index in [1.54, 1.807) is 29.3 Å². The predicted octanol–water partition coefficient (Wildman–Crippen LogP) is 2.74. The third kappa shape index (κ3) is 4.43. The van der Waals surface area contributed by atoms with E-state index in [0.717, 1.165) is 24.9 Å². The molecule has 1 aliphatic heterocycles. The van der Waals surface area contributed by atoms with E-state index in [1.165, 1.54) is 0 Å². The topological polar surface area (TPSA) is 73.4 Å². The number of rotatable bonds is 6. The summed E-state index contributed by atoms with van der Waals surface area (Å²) in [5, 5.41) is 4.15. The van der Waals surface area contributed by atoms with Gasteiger partial charge >= 0.3 is 0 Å². The molecule has 140 valence electrons. The number of hydrogen-bond acceptors (Lipinski definition) is 5. The van der Waals surface area contributed by atoms with Crippen LogP contribution in [0.3, 0.4) is 0 Å². The molecular formula is C20H22N4O3. The maximum Gasteiger partial charge on any atom is 0.289 e. The van der Waals surface area contributed by atoms with Gasteiger partial charge in [-0.3, -0.25) is 14.5 Å². The van der Waals surface area contributed by atoms with Gasteiger partial charge in [-0.2, -0.15) is 5.10 Å². The Labute approximate surface area is 157 Å². The Kier molecular flexibility index (Phi) is 5.29. The fourth-order valence-corrected chi connectivity index (χ4v) is 3.24. The Bertz CT molecular complexity index is 861. The molecule has 0 saturated carbocycles. The molecule has 27 heavy (non-hydrogen) atoms. The second kappa shape index (κ2) is 8.18. The Morgan fingerprint density at radius 2 is 2.22 bits per heavy atom. The van der Waals surface area contributed by atoms with Gasteiger partial charge in [-0.05, 0) is 42.7 Å². The van der Waals surface area contributed by atoms with Crippen LogP contribution in [0, 0.1) is 0 Å². The molecular weight excluding hydrogens is 344 g/mol. The summed E-state index contributed by atoms with van der Waals surface area (Å²) < 4.78 is 13.5. The molecule has 1 fully saturated rings. The molecule has 1 atom stereocenters. The van der Waals surface area contributed by atoms with Gasteiger partial charge in [-0.1, -0.05) is 6.07 Å². The van der Waals surface area contributed by atoms with Crippen LogP contribution in [-0.2, 0) is 17.9 Å². The van der Waals surface area contributed by atoms with Crippen molar-refractivity contribution in [1.29, 1.82) is 0 Å². The van der Waals surface area contributed by atoms with Crippen LogP contribution >= 0.6 is 0 Å². The minimum atomic E-state index is -0.0867. The fourth-order valence-electron chi connectivity index (χ4n) is 3.24. The van der Waals surface area contributed by atoms with E-state index in [-0.39, 0.29) is 12.0 Å². The number of nitrogens with zero attached hydrogens (tertiary/aromatic N) is 4. The van der Waals surface area contributed by atoms with E-state index in [4.69, 9.17) is 9.15 Å². The van der Waals surface area contributed by atoms with Gasteiger partial charge in [0.05, 0.1) is 19.3 Å². The van der Waals surface area contributed by atoms with Crippen LogP contribution in [0.15, 0.2) is 59.5 Å². The zero-order chi connectivity index (χ0) is 18.5. The summed E-state index contributed by atoms with van der Waals surface area (Å²) in [6.07, 6.45) is 9.02. The molecule has 0 aromatic carbocycles. The molecule has 1 aliphatic rings. The standard InChI is InChI=1S/C20H22N4O3/c25-20(19-7-6-18(27-19)14-24-11-3-9-22-24)23-10-2-5-17(13-23)26-15-16-4-1-8-21-12-16/h1,3-4,6-9,11-12,17H,2,5,10,13-15H2/t17-/m0/s1. The second-order valence-corrected chi connectivity index (χ2v) is 6.66. The van der Waals surface area contributed by atoms with Crippen molar-refractivity contribution in [3.05, 3.63) is 72.2 Å². The van der Waals surface area contributed by atoms with Crippen molar-refractivity contribution in [2.24, 2.45) is 0 Å². The predicted molar refractivity (Wildman–Crippen MR) is 98.0 cm³/mol. The third-order valence-electron chi connectivity index (χ3n) is 4.62. The minimum absolute atomic E-state index is 0.0291. The zero-order valence-corrected chi connectivity index (χ0v) is 15.0. The molecule has 0 unspecified atom stereocenters. The maximum atomic E-state index is 12.8. The molecule has 1 amide bonds. The monoisotopic (exact) mass is 366 g/mol. The molecule has 1 saturated heterocycles. The van der Waals surface area contributed by atoms with Crippen LogP contribution in [-0.4, -0.2) is 44.8 Å². The van der Waals surface area contributed by atoms with Crippen molar-refractivity contribution in [3.63, 3.8) is 0 Å². The van der Waals surface area contributed by atoms with Gasteiger partial charge < -0.3 is 14.1 Å². The van der Waals surface area contributed by atoms with Crippen LogP contribution in [0.25, 0.3) is 0 Å². The van der Waals surface area contributed by atoms with Crippen LogP contribution in [0.5, 0.6) is 0 Å². The zero-order valence-electron chi connectivity index (χ0n) is 15.0. The number of carbonyl (C=O) groups is 1. The first kappa shape index (κ1) is 17.5. The number of amides is 1. The smallest absolute Gasteiger partial charge is 0.289 e. The maximum absolute atomic E-state index is 12.8. The van der Waals surface area contributed by atoms with Gasteiger partial charge in [-0.25, -0.2) is 0 Å². The quantitative estimate of drug-likeness (QED) is 0.671. The van der Waals surface area contributed by atoms with Crippen molar-refractivity contribution < 1.29 is 13.9 Å². The van der Waals surface area contributed by atoms with Crippen molar-refractivity contribution in [1.82, 2.24) is 19.7 Å². The Morgan fingerprint density at radius 1 is 1.26 bits per heavy atom. The minimum Gasteiger partial charge on any atom is -0.454 e. The summed E-state index contributed by atoms with van der Waals surface area (Å²) in [7, 11) is 0. The first-order valence-electron chi connectivity index (χ1n) is 9.14. The highest BCUT2D eigenvalue weighted by atomic mass is 16.5. The molecule has 0 aliphatic carbocycles. The molecule has 7 heteroatoms. The number of ether oxygens (including phenoxy) is 1. The molecule has 0 N–H and O–H groups in total. The average molecular weight is 366 g/mol. The van der Waals surface area contributed by atoms with Gasteiger partial charge in [0.25, 0.3) is 5.91 Å². The third-order valence-corrected chi connectivity index (χ3v) is 4.62. The molecule has 0 bridgehead atoms. The normalized spacial score (nSPS) is 17.2. The van der Waals surface area contributed by atoms with Gasteiger partial charge in [0.1, 0.15) is 5.76 Å². The van der Waals surface area contributed by atoms with E-state index in [0.29, 0.717) is 31.2 Å². The number of hydrogen-bond donors (Lipinski definition) is 0. The van der Waals surface area contributed by atoms with E-state index in [9.17, 15) is 4.79 Å². The van der Waals surface area contributed by atoms with Crippen LogP contribution in [0.4, 0.5) is 0 Å².